The second-order valence-corrected chi connectivity index (χ2v) is 5.93. The lowest BCUT2D eigenvalue weighted by Crippen LogP contribution is -2.34. The van der Waals surface area contributed by atoms with E-state index in [9.17, 15) is 0 Å². The lowest BCUT2D eigenvalue weighted by Gasteiger charge is -2.23. The molecule has 0 amide bonds. The van der Waals surface area contributed by atoms with E-state index in [-0.39, 0.29) is 5.22 Å². The molecule has 0 bridgehead atoms. The summed E-state index contributed by atoms with van der Waals surface area (Å²) in [6.07, 6.45) is 0. The molecule has 0 aromatic heterocycles. The summed E-state index contributed by atoms with van der Waals surface area (Å²) in [7, 11) is 1.10. The fraction of sp³-hybridized carbons (Fsp3) is 0.833. The zero-order valence-electron chi connectivity index (χ0n) is 6.93. The maximum atomic E-state index is 5.35. The molecular weight excluding hydrogens is 164 g/mol. The van der Waals surface area contributed by atoms with Crippen molar-refractivity contribution in [1.29, 1.82) is 0 Å². The first-order valence-electron chi connectivity index (χ1n) is 3.16. The van der Waals surface area contributed by atoms with Crippen molar-refractivity contribution in [3.05, 3.63) is 0 Å². The molecule has 0 saturated heterocycles. The summed E-state index contributed by atoms with van der Waals surface area (Å²) in [6.45, 7) is 5.78. The van der Waals surface area contributed by atoms with Gasteiger partial charge in [-0.2, -0.15) is 0 Å². The molecule has 0 aliphatic heterocycles. The first kappa shape index (κ1) is 10.1. The molecule has 4 heteroatoms. The summed E-state index contributed by atoms with van der Waals surface area (Å²) in [5, 5.41) is 0.440. The van der Waals surface area contributed by atoms with Crippen molar-refractivity contribution in [2.75, 3.05) is 7.11 Å². The predicted molar refractivity (Wildman–Crippen MR) is 49.0 cm³/mol. The second kappa shape index (κ2) is 4.05. The molecule has 0 unspecified atom stereocenters. The number of hydrogen-bond donors (Lipinski definition) is 0. The SMILES string of the molecule is CO[SiH2]C(C)(C)OC(C)=S. The molecular formula is C6H14O2SSi. The Bertz CT molecular complexity index is 125. The van der Waals surface area contributed by atoms with Crippen LogP contribution in [0.1, 0.15) is 20.8 Å². The van der Waals surface area contributed by atoms with E-state index in [1.165, 1.54) is 0 Å². The molecule has 10 heavy (non-hydrogen) atoms. The summed E-state index contributed by atoms with van der Waals surface area (Å²) < 4.78 is 10.4. The molecule has 0 spiro atoms. The van der Waals surface area contributed by atoms with Crippen LogP contribution >= 0.6 is 12.2 Å². The van der Waals surface area contributed by atoms with E-state index in [4.69, 9.17) is 21.4 Å². The lowest BCUT2D eigenvalue weighted by atomic mass is 10.4. The van der Waals surface area contributed by atoms with Gasteiger partial charge in [0.2, 0.25) is 9.76 Å². The molecule has 0 heterocycles. The van der Waals surface area contributed by atoms with Crippen LogP contribution in [0.2, 0.25) is 0 Å². The van der Waals surface area contributed by atoms with Crippen molar-refractivity contribution in [2.24, 2.45) is 0 Å². The number of rotatable bonds is 3. The van der Waals surface area contributed by atoms with Gasteiger partial charge in [0.05, 0.1) is 0 Å². The Balaban J connectivity index is 3.74. The van der Waals surface area contributed by atoms with Gasteiger partial charge < -0.3 is 9.16 Å². The van der Waals surface area contributed by atoms with Crippen molar-refractivity contribution in [3.63, 3.8) is 0 Å². The van der Waals surface area contributed by atoms with E-state index in [0.29, 0.717) is 5.05 Å². The molecule has 0 radical (unpaired) electrons. The molecule has 0 rings (SSSR count). The first-order chi connectivity index (χ1) is 4.48. The van der Waals surface area contributed by atoms with Gasteiger partial charge in [0, 0.05) is 14.0 Å². The molecule has 0 fully saturated rings. The number of ether oxygens (including phenoxy) is 1. The highest BCUT2D eigenvalue weighted by atomic mass is 32.1. The third kappa shape index (κ3) is 4.90. The Morgan fingerprint density at radius 3 is 2.30 bits per heavy atom. The minimum atomic E-state index is -0.603. The molecule has 0 atom stereocenters. The molecule has 0 saturated carbocycles. The van der Waals surface area contributed by atoms with Crippen molar-refractivity contribution in [2.45, 2.75) is 26.0 Å². The van der Waals surface area contributed by atoms with Gasteiger partial charge in [0.25, 0.3) is 0 Å². The van der Waals surface area contributed by atoms with E-state index < -0.39 is 9.76 Å². The van der Waals surface area contributed by atoms with Gasteiger partial charge in [-0.25, -0.2) is 0 Å². The van der Waals surface area contributed by atoms with Crippen LogP contribution < -0.4 is 0 Å². The van der Waals surface area contributed by atoms with Crippen LogP contribution in [0.4, 0.5) is 0 Å². The largest absolute Gasteiger partial charge is 0.483 e. The van der Waals surface area contributed by atoms with Crippen molar-refractivity contribution in [3.8, 4) is 0 Å². The average molecular weight is 178 g/mol. The molecule has 0 aromatic rings. The fourth-order valence-electron chi connectivity index (χ4n) is 0.766. The quantitative estimate of drug-likeness (QED) is 0.471. The maximum Gasteiger partial charge on any atom is 0.207 e. The third-order valence-corrected chi connectivity index (χ3v) is 2.12. The van der Waals surface area contributed by atoms with Crippen LogP contribution in [0.15, 0.2) is 0 Å². The maximum absolute atomic E-state index is 5.35. The summed E-state index contributed by atoms with van der Waals surface area (Å²) in [6, 6.07) is 0. The highest BCUT2D eigenvalue weighted by molar-refractivity contribution is 7.80. The molecule has 0 aliphatic carbocycles. The summed E-state index contributed by atoms with van der Waals surface area (Å²) in [5.74, 6) is 0. The van der Waals surface area contributed by atoms with Crippen LogP contribution in [0.3, 0.4) is 0 Å². The topological polar surface area (TPSA) is 18.5 Å². The molecule has 2 nitrogen and oxygen atoms in total. The zero-order chi connectivity index (χ0) is 8.20. The number of hydrogen-bond acceptors (Lipinski definition) is 3. The van der Waals surface area contributed by atoms with Crippen molar-refractivity contribution in [1.82, 2.24) is 0 Å². The van der Waals surface area contributed by atoms with Crippen LogP contribution in [0, 0.1) is 0 Å². The smallest absolute Gasteiger partial charge is 0.207 e. The summed E-state index contributed by atoms with van der Waals surface area (Å²) in [4.78, 5) is 0. The third-order valence-electron chi connectivity index (χ3n) is 0.912. The molecule has 0 N–H and O–H groups in total. The summed E-state index contributed by atoms with van der Waals surface area (Å²) in [5.41, 5.74) is 0. The zero-order valence-corrected chi connectivity index (χ0v) is 9.16. The normalized spacial score (nSPS) is 12.4. The molecule has 0 aliphatic rings. The predicted octanol–water partition coefficient (Wildman–Crippen LogP) is 0.817. The van der Waals surface area contributed by atoms with Gasteiger partial charge in [-0.15, -0.1) is 0 Å². The average Bonchev–Trinajstić information content (AvgIpc) is 1.59. The monoisotopic (exact) mass is 178 g/mol. The van der Waals surface area contributed by atoms with Gasteiger partial charge in [0.1, 0.15) is 5.22 Å². The van der Waals surface area contributed by atoms with Crippen LogP contribution in [-0.4, -0.2) is 27.1 Å². The Morgan fingerprint density at radius 1 is 1.50 bits per heavy atom. The van der Waals surface area contributed by atoms with E-state index >= 15 is 0 Å². The van der Waals surface area contributed by atoms with Gasteiger partial charge in [-0.3, -0.25) is 0 Å². The highest BCUT2D eigenvalue weighted by Crippen LogP contribution is 2.07. The van der Waals surface area contributed by atoms with Crippen molar-refractivity contribution < 1.29 is 9.16 Å². The summed E-state index contributed by atoms with van der Waals surface area (Å²) >= 11 is 4.80. The second-order valence-electron chi connectivity index (χ2n) is 2.79. The lowest BCUT2D eigenvalue weighted by molar-refractivity contribution is 0.164. The van der Waals surface area contributed by atoms with Crippen LogP contribution in [0.5, 0.6) is 0 Å². The Morgan fingerprint density at radius 2 is 2.00 bits per heavy atom. The first-order valence-corrected chi connectivity index (χ1v) is 4.86. The van der Waals surface area contributed by atoms with E-state index in [1.807, 2.05) is 13.8 Å². The Hall–Kier alpha value is 0.0669. The van der Waals surface area contributed by atoms with Gasteiger partial charge >= 0.3 is 0 Å². The standard InChI is InChI=1S/C6H14O2SSi/c1-5(9)8-6(2,3)10-7-4/h10H2,1-4H3. The van der Waals surface area contributed by atoms with Gasteiger partial charge in [0.15, 0.2) is 5.05 Å². The van der Waals surface area contributed by atoms with Gasteiger partial charge in [-0.05, 0) is 26.1 Å². The van der Waals surface area contributed by atoms with Gasteiger partial charge in [-0.1, -0.05) is 0 Å². The minimum absolute atomic E-state index is 0.152. The van der Waals surface area contributed by atoms with E-state index in [1.54, 1.807) is 14.0 Å². The molecule has 0 aromatic carbocycles. The van der Waals surface area contributed by atoms with E-state index in [2.05, 4.69) is 0 Å². The minimum Gasteiger partial charge on any atom is -0.483 e. The molecule has 60 valence electrons. The number of thiocarbonyl (C=S) groups is 1. The van der Waals surface area contributed by atoms with Crippen molar-refractivity contribution >= 4 is 27.0 Å². The Labute approximate surface area is 69.8 Å². The Kier molecular flexibility index (Phi) is 4.08. The van der Waals surface area contributed by atoms with E-state index in [0.717, 1.165) is 0 Å². The fourth-order valence-corrected chi connectivity index (χ4v) is 2.07. The highest BCUT2D eigenvalue weighted by Gasteiger charge is 2.19. The van der Waals surface area contributed by atoms with Crippen LogP contribution in [0.25, 0.3) is 0 Å². The van der Waals surface area contributed by atoms with Crippen LogP contribution in [-0.2, 0) is 9.16 Å².